The summed E-state index contributed by atoms with van der Waals surface area (Å²) in [4.78, 5) is 16.0. The van der Waals surface area contributed by atoms with Crippen LogP contribution in [0.5, 0.6) is 0 Å². The van der Waals surface area contributed by atoms with Crippen LogP contribution in [0.3, 0.4) is 0 Å². The number of nitrogen functional groups attached to an aromatic ring is 1. The van der Waals surface area contributed by atoms with Crippen molar-refractivity contribution in [1.29, 1.82) is 0 Å². The highest BCUT2D eigenvalue weighted by atomic mass is 35.5. The maximum atomic E-state index is 13.2. The predicted molar refractivity (Wildman–Crippen MR) is 115 cm³/mol. The predicted octanol–water partition coefficient (Wildman–Crippen LogP) is 2.16. The molecule has 1 saturated heterocycles. The molecule has 9 nitrogen and oxygen atoms in total. The van der Waals surface area contributed by atoms with E-state index in [9.17, 15) is 13.2 Å². The molecule has 1 fully saturated rings. The minimum absolute atomic E-state index is 0.0910. The summed E-state index contributed by atoms with van der Waals surface area (Å²) >= 11 is 12.0. The van der Waals surface area contributed by atoms with E-state index >= 15 is 0 Å². The van der Waals surface area contributed by atoms with Crippen molar-refractivity contribution in [2.75, 3.05) is 18.8 Å². The van der Waals surface area contributed by atoms with Gasteiger partial charge in [0.25, 0.3) is 0 Å². The SMILES string of the molecule is CC1CCN(C(=O)C(CCn2nccn2)NS(=O)(=O)c2c(N)cc(Cl)cc2Cl)CC1. The molecule has 30 heavy (non-hydrogen) atoms. The molecule has 164 valence electrons. The molecule has 0 aliphatic carbocycles. The van der Waals surface area contributed by atoms with E-state index < -0.39 is 16.1 Å². The average Bonchev–Trinajstić information content (AvgIpc) is 3.17. The Morgan fingerprint density at radius 1 is 1.27 bits per heavy atom. The lowest BCUT2D eigenvalue weighted by atomic mass is 9.98. The number of carbonyl (C=O) groups is 1. The number of halogens is 2. The van der Waals surface area contributed by atoms with Crippen LogP contribution in [0.25, 0.3) is 0 Å². The summed E-state index contributed by atoms with van der Waals surface area (Å²) in [5.41, 5.74) is 5.77. The highest BCUT2D eigenvalue weighted by Crippen LogP contribution is 2.31. The number of sulfonamides is 1. The normalized spacial score (nSPS) is 16.6. The highest BCUT2D eigenvalue weighted by molar-refractivity contribution is 7.89. The Balaban J connectivity index is 1.84. The van der Waals surface area contributed by atoms with Gasteiger partial charge in [-0.05, 0) is 37.3 Å². The van der Waals surface area contributed by atoms with Gasteiger partial charge < -0.3 is 10.6 Å². The number of nitrogens with one attached hydrogen (secondary N) is 1. The molecule has 12 heteroatoms. The number of aromatic nitrogens is 3. The lowest BCUT2D eigenvalue weighted by molar-refractivity contribution is -0.134. The van der Waals surface area contributed by atoms with Gasteiger partial charge in [0.05, 0.1) is 29.6 Å². The van der Waals surface area contributed by atoms with Crippen molar-refractivity contribution in [2.45, 2.75) is 43.7 Å². The molecule has 0 spiro atoms. The van der Waals surface area contributed by atoms with Gasteiger partial charge in [-0.25, -0.2) is 8.42 Å². The molecule has 2 aromatic rings. The fraction of sp³-hybridized carbons (Fsp3) is 0.500. The molecule has 1 aromatic heterocycles. The minimum Gasteiger partial charge on any atom is -0.398 e. The Morgan fingerprint density at radius 2 is 1.90 bits per heavy atom. The van der Waals surface area contributed by atoms with Gasteiger partial charge in [-0.3, -0.25) is 4.79 Å². The maximum Gasteiger partial charge on any atom is 0.244 e. The second kappa shape index (κ2) is 9.51. The number of piperidine rings is 1. The van der Waals surface area contributed by atoms with Gasteiger partial charge in [0.2, 0.25) is 15.9 Å². The van der Waals surface area contributed by atoms with Gasteiger partial charge in [0.1, 0.15) is 10.9 Å². The summed E-state index contributed by atoms with van der Waals surface area (Å²) in [5, 5.41) is 8.13. The molecule has 3 rings (SSSR count). The molecule has 0 saturated carbocycles. The van der Waals surface area contributed by atoms with Gasteiger partial charge in [-0.15, -0.1) is 0 Å². The van der Waals surface area contributed by atoms with Gasteiger partial charge in [0, 0.05) is 18.1 Å². The quantitative estimate of drug-likeness (QED) is 0.592. The molecule has 1 aromatic carbocycles. The number of nitrogens with zero attached hydrogens (tertiary/aromatic N) is 4. The number of anilines is 1. The topological polar surface area (TPSA) is 123 Å². The zero-order chi connectivity index (χ0) is 21.9. The van der Waals surface area contributed by atoms with Gasteiger partial charge in [-0.2, -0.15) is 19.7 Å². The number of nitrogens with two attached hydrogens (primary N) is 1. The first-order valence-electron chi connectivity index (χ1n) is 9.57. The molecular formula is C18H24Cl2N6O3S. The Morgan fingerprint density at radius 3 is 2.50 bits per heavy atom. The maximum absolute atomic E-state index is 13.2. The summed E-state index contributed by atoms with van der Waals surface area (Å²) < 4.78 is 28.6. The van der Waals surface area contributed by atoms with E-state index in [-0.39, 0.29) is 39.5 Å². The lowest BCUT2D eigenvalue weighted by Gasteiger charge is -2.33. The minimum atomic E-state index is -4.19. The third-order valence-corrected chi connectivity index (χ3v) is 7.30. The number of hydrogen-bond acceptors (Lipinski definition) is 6. The molecule has 1 amide bonds. The van der Waals surface area contributed by atoms with Crippen molar-refractivity contribution in [3.8, 4) is 0 Å². The van der Waals surface area contributed by atoms with Crippen molar-refractivity contribution < 1.29 is 13.2 Å². The number of amides is 1. The first kappa shape index (κ1) is 22.8. The van der Waals surface area contributed by atoms with Crippen LogP contribution in [0.15, 0.2) is 29.4 Å². The van der Waals surface area contributed by atoms with Crippen molar-refractivity contribution in [3.63, 3.8) is 0 Å². The van der Waals surface area contributed by atoms with Crippen LogP contribution in [-0.2, 0) is 21.4 Å². The van der Waals surface area contributed by atoms with E-state index in [1.165, 1.54) is 29.3 Å². The Labute approximate surface area is 185 Å². The zero-order valence-corrected chi connectivity index (χ0v) is 18.8. The van der Waals surface area contributed by atoms with Crippen LogP contribution in [0.4, 0.5) is 5.69 Å². The van der Waals surface area contributed by atoms with E-state index in [4.69, 9.17) is 28.9 Å². The van der Waals surface area contributed by atoms with Crippen molar-refractivity contribution in [1.82, 2.24) is 24.6 Å². The molecule has 2 heterocycles. The smallest absolute Gasteiger partial charge is 0.244 e. The number of aryl methyl sites for hydroxylation is 1. The van der Waals surface area contributed by atoms with Crippen molar-refractivity contribution in [3.05, 3.63) is 34.6 Å². The summed E-state index contributed by atoms with van der Waals surface area (Å²) in [6.45, 7) is 3.57. The molecular weight excluding hydrogens is 451 g/mol. The number of benzene rings is 1. The highest BCUT2D eigenvalue weighted by Gasteiger charge is 2.32. The third-order valence-electron chi connectivity index (χ3n) is 5.08. The van der Waals surface area contributed by atoms with E-state index in [0.717, 1.165) is 12.8 Å². The second-order valence-corrected chi connectivity index (χ2v) is 9.90. The number of hydrogen-bond donors (Lipinski definition) is 2. The Kier molecular flexibility index (Phi) is 7.22. The summed E-state index contributed by atoms with van der Waals surface area (Å²) in [7, 11) is -4.19. The van der Waals surface area contributed by atoms with Crippen LogP contribution < -0.4 is 10.5 Å². The Bertz CT molecular complexity index is 968. The fourth-order valence-electron chi connectivity index (χ4n) is 3.40. The second-order valence-electron chi connectivity index (χ2n) is 7.40. The van der Waals surface area contributed by atoms with Crippen LogP contribution in [0.2, 0.25) is 10.0 Å². The average molecular weight is 475 g/mol. The van der Waals surface area contributed by atoms with Crippen LogP contribution in [0.1, 0.15) is 26.2 Å². The van der Waals surface area contributed by atoms with Crippen molar-refractivity contribution in [2.24, 2.45) is 5.92 Å². The number of rotatable bonds is 7. The molecule has 0 radical (unpaired) electrons. The number of carbonyl (C=O) groups excluding carboxylic acids is 1. The zero-order valence-electron chi connectivity index (χ0n) is 16.5. The van der Waals surface area contributed by atoms with Gasteiger partial charge in [-0.1, -0.05) is 30.1 Å². The molecule has 0 bridgehead atoms. The first-order valence-corrected chi connectivity index (χ1v) is 11.8. The number of likely N-dealkylation sites (tertiary alicyclic amines) is 1. The van der Waals surface area contributed by atoms with Crippen LogP contribution in [-0.4, -0.2) is 53.4 Å². The monoisotopic (exact) mass is 474 g/mol. The van der Waals surface area contributed by atoms with Crippen LogP contribution >= 0.6 is 23.2 Å². The lowest BCUT2D eigenvalue weighted by Crippen LogP contribution is -2.51. The molecule has 1 atom stereocenters. The standard InChI is InChI=1S/C18H24Cl2N6O3S/c1-12-2-7-25(8-3-12)18(27)16(4-9-26-22-5-6-23-26)24-30(28,29)17-14(20)10-13(19)11-15(17)21/h5-6,10-12,16,24H,2-4,7-9,21H2,1H3. The fourth-order valence-corrected chi connectivity index (χ4v) is 5.61. The molecule has 1 unspecified atom stereocenters. The Hall–Kier alpha value is -1.88. The van der Waals surface area contributed by atoms with Crippen LogP contribution in [0, 0.1) is 5.92 Å². The summed E-state index contributed by atoms with van der Waals surface area (Å²) in [6, 6.07) is 1.59. The third kappa shape index (κ3) is 5.42. The van der Waals surface area contributed by atoms with Gasteiger partial charge >= 0.3 is 0 Å². The first-order chi connectivity index (χ1) is 14.2. The van der Waals surface area contributed by atoms with E-state index in [1.807, 2.05) is 0 Å². The van der Waals surface area contributed by atoms with E-state index in [1.54, 1.807) is 4.90 Å². The summed E-state index contributed by atoms with van der Waals surface area (Å²) in [5.74, 6) is 0.242. The molecule has 1 aliphatic rings. The van der Waals surface area contributed by atoms with E-state index in [0.29, 0.717) is 19.0 Å². The van der Waals surface area contributed by atoms with Crippen molar-refractivity contribution >= 4 is 44.8 Å². The summed E-state index contributed by atoms with van der Waals surface area (Å²) in [6.07, 6.45) is 4.95. The van der Waals surface area contributed by atoms with Gasteiger partial charge in [0.15, 0.2) is 0 Å². The molecule has 3 N–H and O–H groups in total. The van der Waals surface area contributed by atoms with E-state index in [2.05, 4.69) is 21.8 Å². The largest absolute Gasteiger partial charge is 0.398 e. The molecule has 1 aliphatic heterocycles.